The zero-order chi connectivity index (χ0) is 18.7. The van der Waals surface area contributed by atoms with E-state index in [0.29, 0.717) is 30.2 Å². The Hall–Kier alpha value is -2.38. The van der Waals surface area contributed by atoms with Gasteiger partial charge in [0, 0.05) is 17.8 Å². The highest BCUT2D eigenvalue weighted by Crippen LogP contribution is 2.37. The van der Waals surface area contributed by atoms with E-state index in [1.54, 1.807) is 24.3 Å². The molecule has 1 heterocycles. The number of amides is 1. The van der Waals surface area contributed by atoms with E-state index in [-0.39, 0.29) is 24.8 Å². The highest BCUT2D eigenvalue weighted by molar-refractivity contribution is 5.79. The molecule has 2 atom stereocenters. The molecule has 2 aromatic rings. The first-order chi connectivity index (χ1) is 12.4. The van der Waals surface area contributed by atoms with Gasteiger partial charge in [-0.2, -0.15) is 18.3 Å². The molecule has 0 unspecified atom stereocenters. The lowest BCUT2D eigenvalue weighted by Crippen LogP contribution is -2.47. The van der Waals surface area contributed by atoms with Crippen molar-refractivity contribution in [2.24, 2.45) is 5.92 Å². The molecule has 8 heteroatoms. The highest BCUT2D eigenvalue weighted by atomic mass is 19.4. The Bertz CT molecular complexity index is 847. The number of aromatic nitrogens is 2. The molecule has 1 aromatic carbocycles. The summed E-state index contributed by atoms with van der Waals surface area (Å²) in [6.45, 7) is 0.191. The van der Waals surface area contributed by atoms with E-state index in [1.807, 2.05) is 0 Å². The first-order valence-electron chi connectivity index (χ1n) is 8.67. The summed E-state index contributed by atoms with van der Waals surface area (Å²) in [5.41, 5.74) is 0.384. The van der Waals surface area contributed by atoms with Crippen LogP contribution in [0.1, 0.15) is 32.1 Å². The van der Waals surface area contributed by atoms with Gasteiger partial charge in [-0.25, -0.2) is 0 Å². The normalized spacial score (nSPS) is 20.9. The van der Waals surface area contributed by atoms with Crippen molar-refractivity contribution in [3.63, 3.8) is 0 Å². The molecule has 0 bridgehead atoms. The molecule has 0 saturated heterocycles. The summed E-state index contributed by atoms with van der Waals surface area (Å²) in [7, 11) is 0. The van der Waals surface area contributed by atoms with Crippen LogP contribution in [0.3, 0.4) is 0 Å². The summed E-state index contributed by atoms with van der Waals surface area (Å²) in [4.78, 5) is 24.0. The highest BCUT2D eigenvalue weighted by Gasteiger charge is 2.45. The predicted octanol–water partition coefficient (Wildman–Crippen LogP) is 3.02. The van der Waals surface area contributed by atoms with Crippen molar-refractivity contribution < 1.29 is 18.0 Å². The summed E-state index contributed by atoms with van der Waals surface area (Å²) in [6, 6.07) is 6.03. The Morgan fingerprint density at radius 2 is 1.96 bits per heavy atom. The number of para-hydroxylation sites is 1. The SMILES string of the molecule is O=C(CCn1ncc(=O)c2ccccc21)N[C@H]1CCCC[C@@H]1C(F)(F)F. The first kappa shape index (κ1) is 18.4. The van der Waals surface area contributed by atoms with Gasteiger partial charge < -0.3 is 5.32 Å². The molecule has 1 aromatic heterocycles. The number of carbonyl (C=O) groups is 1. The number of carbonyl (C=O) groups excluding carboxylic acids is 1. The van der Waals surface area contributed by atoms with Crippen LogP contribution in [0, 0.1) is 5.92 Å². The van der Waals surface area contributed by atoms with E-state index in [9.17, 15) is 22.8 Å². The van der Waals surface area contributed by atoms with Gasteiger partial charge in [-0.1, -0.05) is 25.0 Å². The van der Waals surface area contributed by atoms with Gasteiger partial charge in [0.1, 0.15) is 0 Å². The maximum Gasteiger partial charge on any atom is 0.393 e. The summed E-state index contributed by atoms with van der Waals surface area (Å²) in [5, 5.41) is 7.06. The molecule has 26 heavy (non-hydrogen) atoms. The van der Waals surface area contributed by atoms with Crippen molar-refractivity contribution in [2.45, 2.75) is 50.9 Å². The van der Waals surface area contributed by atoms with E-state index in [2.05, 4.69) is 10.4 Å². The van der Waals surface area contributed by atoms with Gasteiger partial charge in [-0.05, 0) is 25.0 Å². The number of halogens is 3. The quantitative estimate of drug-likeness (QED) is 0.904. The summed E-state index contributed by atoms with van der Waals surface area (Å²) in [6.07, 6.45) is -1.50. The number of fused-ring (bicyclic) bond motifs is 1. The Kier molecular flexibility index (Phi) is 5.29. The third-order valence-electron chi connectivity index (χ3n) is 4.85. The third-order valence-corrected chi connectivity index (χ3v) is 4.85. The Morgan fingerprint density at radius 3 is 2.73 bits per heavy atom. The monoisotopic (exact) mass is 367 g/mol. The van der Waals surface area contributed by atoms with Crippen LogP contribution in [-0.2, 0) is 11.3 Å². The van der Waals surface area contributed by atoms with Gasteiger partial charge >= 0.3 is 6.18 Å². The number of nitrogens with one attached hydrogen (secondary N) is 1. The molecule has 1 saturated carbocycles. The minimum atomic E-state index is -4.30. The Labute approximate surface area is 148 Å². The molecule has 1 fully saturated rings. The van der Waals surface area contributed by atoms with Gasteiger partial charge in [0.05, 0.1) is 24.2 Å². The molecule has 140 valence electrons. The molecule has 0 aliphatic heterocycles. The fourth-order valence-electron chi connectivity index (χ4n) is 3.52. The van der Waals surface area contributed by atoms with Crippen LogP contribution in [-0.4, -0.2) is 27.9 Å². The molecule has 1 aliphatic carbocycles. The van der Waals surface area contributed by atoms with Crippen LogP contribution in [0.25, 0.3) is 10.9 Å². The van der Waals surface area contributed by atoms with Crippen LogP contribution >= 0.6 is 0 Å². The molecule has 1 aliphatic rings. The van der Waals surface area contributed by atoms with E-state index in [1.165, 1.54) is 10.9 Å². The van der Waals surface area contributed by atoms with E-state index in [0.717, 1.165) is 0 Å². The van der Waals surface area contributed by atoms with E-state index >= 15 is 0 Å². The lowest BCUT2D eigenvalue weighted by Gasteiger charge is -2.33. The number of rotatable bonds is 4. The minimum absolute atomic E-state index is 0.000934. The molecular weight excluding hydrogens is 347 g/mol. The molecule has 5 nitrogen and oxygen atoms in total. The number of alkyl halides is 3. The molecule has 1 N–H and O–H groups in total. The predicted molar refractivity (Wildman–Crippen MR) is 90.6 cm³/mol. The zero-order valence-corrected chi connectivity index (χ0v) is 14.1. The van der Waals surface area contributed by atoms with E-state index < -0.39 is 24.0 Å². The number of hydrogen-bond donors (Lipinski definition) is 1. The largest absolute Gasteiger partial charge is 0.393 e. The summed E-state index contributed by atoms with van der Waals surface area (Å²) >= 11 is 0. The molecule has 0 spiro atoms. The molecule has 1 amide bonds. The number of hydrogen-bond acceptors (Lipinski definition) is 3. The molecule has 3 rings (SSSR count). The van der Waals surface area contributed by atoms with E-state index in [4.69, 9.17) is 0 Å². The van der Waals surface area contributed by atoms with Crippen molar-refractivity contribution in [3.05, 3.63) is 40.7 Å². The van der Waals surface area contributed by atoms with Crippen LogP contribution in [0.5, 0.6) is 0 Å². The Morgan fingerprint density at radius 1 is 1.23 bits per heavy atom. The second-order valence-electron chi connectivity index (χ2n) is 6.61. The number of benzene rings is 1. The second-order valence-corrected chi connectivity index (χ2v) is 6.61. The van der Waals surface area contributed by atoms with Gasteiger partial charge in [0.15, 0.2) is 0 Å². The Balaban J connectivity index is 1.66. The van der Waals surface area contributed by atoms with Gasteiger partial charge in [0.25, 0.3) is 0 Å². The fraction of sp³-hybridized carbons (Fsp3) is 0.500. The van der Waals surface area contributed by atoms with Gasteiger partial charge in [0.2, 0.25) is 11.3 Å². The van der Waals surface area contributed by atoms with Crippen LogP contribution in [0.15, 0.2) is 35.3 Å². The van der Waals surface area contributed by atoms with Crippen molar-refractivity contribution in [1.82, 2.24) is 15.1 Å². The standard InChI is InChI=1S/C18H20F3N3O2/c19-18(20,21)13-6-2-3-7-14(13)23-17(26)9-10-24-15-8-4-1-5-12(15)16(25)11-22-24/h1,4-5,8,11,13-14H,2-3,6-7,9-10H2,(H,23,26)/t13-,14-/m0/s1. The topological polar surface area (TPSA) is 64.0 Å². The van der Waals surface area contributed by atoms with Crippen molar-refractivity contribution in [3.8, 4) is 0 Å². The second kappa shape index (κ2) is 7.47. The third kappa shape index (κ3) is 4.05. The lowest BCUT2D eigenvalue weighted by atomic mass is 9.84. The average Bonchev–Trinajstić information content (AvgIpc) is 2.61. The minimum Gasteiger partial charge on any atom is -0.353 e. The maximum atomic E-state index is 13.1. The summed E-state index contributed by atoms with van der Waals surface area (Å²) in [5.74, 6) is -1.91. The van der Waals surface area contributed by atoms with Gasteiger partial charge in [-0.3, -0.25) is 14.3 Å². The van der Waals surface area contributed by atoms with Crippen LogP contribution in [0.4, 0.5) is 13.2 Å². The fourth-order valence-corrected chi connectivity index (χ4v) is 3.52. The lowest BCUT2D eigenvalue weighted by molar-refractivity contribution is -0.189. The molecule has 0 radical (unpaired) electrons. The van der Waals surface area contributed by atoms with Crippen molar-refractivity contribution in [2.75, 3.05) is 0 Å². The maximum absolute atomic E-state index is 13.1. The average molecular weight is 367 g/mol. The summed E-state index contributed by atoms with van der Waals surface area (Å²) < 4.78 is 40.9. The number of aryl methyl sites for hydroxylation is 1. The van der Waals surface area contributed by atoms with Crippen LogP contribution in [0.2, 0.25) is 0 Å². The van der Waals surface area contributed by atoms with Crippen molar-refractivity contribution >= 4 is 16.8 Å². The van der Waals surface area contributed by atoms with Crippen molar-refractivity contribution in [1.29, 1.82) is 0 Å². The smallest absolute Gasteiger partial charge is 0.353 e. The zero-order valence-electron chi connectivity index (χ0n) is 14.1. The number of nitrogens with zero attached hydrogens (tertiary/aromatic N) is 2. The first-order valence-corrected chi connectivity index (χ1v) is 8.67. The molecular formula is C18H20F3N3O2. The van der Waals surface area contributed by atoms with Gasteiger partial charge in [-0.15, -0.1) is 0 Å². The van der Waals surface area contributed by atoms with Crippen LogP contribution < -0.4 is 10.7 Å².